The van der Waals surface area contributed by atoms with Gasteiger partial charge in [-0.1, -0.05) is 18.2 Å². The third-order valence-corrected chi connectivity index (χ3v) is 5.06. The van der Waals surface area contributed by atoms with Crippen LogP contribution in [0.25, 0.3) is 10.1 Å². The number of thiophene rings is 1. The second-order valence-corrected chi connectivity index (χ2v) is 7.16. The van der Waals surface area contributed by atoms with Crippen molar-refractivity contribution >= 4 is 33.0 Å². The van der Waals surface area contributed by atoms with Crippen LogP contribution in [-0.4, -0.2) is 24.2 Å². The van der Waals surface area contributed by atoms with E-state index in [0.29, 0.717) is 17.2 Å². The van der Waals surface area contributed by atoms with E-state index in [2.05, 4.69) is 19.2 Å². The van der Waals surface area contributed by atoms with Crippen molar-refractivity contribution in [3.63, 3.8) is 0 Å². The van der Waals surface area contributed by atoms with Gasteiger partial charge in [-0.2, -0.15) is 0 Å². The molecule has 1 saturated heterocycles. The minimum atomic E-state index is -0.179. The number of ether oxygens (including phenoxy) is 1. The van der Waals surface area contributed by atoms with Crippen molar-refractivity contribution in [2.24, 2.45) is 0 Å². The summed E-state index contributed by atoms with van der Waals surface area (Å²) in [6.07, 6.45) is 1.67. The number of rotatable bonds is 2. The Labute approximate surface area is 128 Å². The lowest BCUT2D eigenvalue weighted by molar-refractivity contribution is -0.0615. The number of carbonyl (C=O) groups excluding carboxylic acids is 1. The van der Waals surface area contributed by atoms with E-state index in [9.17, 15) is 4.79 Å². The van der Waals surface area contributed by atoms with Crippen molar-refractivity contribution in [3.8, 4) is 0 Å². The van der Waals surface area contributed by atoms with Gasteiger partial charge in [0.1, 0.15) is 4.88 Å². The van der Waals surface area contributed by atoms with Gasteiger partial charge >= 0.3 is 0 Å². The molecular formula is C16H20N2O2S. The third kappa shape index (κ3) is 2.89. The highest BCUT2D eigenvalue weighted by molar-refractivity contribution is 7.21. The van der Waals surface area contributed by atoms with Gasteiger partial charge in [0.05, 0.1) is 11.3 Å². The number of benzene rings is 1. The first-order valence-electron chi connectivity index (χ1n) is 7.18. The Bertz CT molecular complexity index is 678. The number of anilines is 1. The zero-order chi connectivity index (χ0) is 15.0. The average molecular weight is 304 g/mol. The van der Waals surface area contributed by atoms with Gasteiger partial charge in [-0.3, -0.25) is 4.79 Å². The zero-order valence-corrected chi connectivity index (χ0v) is 13.1. The van der Waals surface area contributed by atoms with E-state index in [0.717, 1.165) is 22.9 Å². The first-order chi connectivity index (χ1) is 9.96. The van der Waals surface area contributed by atoms with Crippen LogP contribution < -0.4 is 11.1 Å². The van der Waals surface area contributed by atoms with Gasteiger partial charge in [0.15, 0.2) is 0 Å². The molecule has 0 aliphatic carbocycles. The standard InChI is InChI=1S/C16H20N2O2S/c1-16(2)9-10(7-8-20-16)18-15(19)14-13(17)11-5-3-4-6-12(11)21-14/h3-6,10H,7-9,17H2,1-2H3,(H,18,19). The van der Waals surface area contributed by atoms with Gasteiger partial charge in [0.2, 0.25) is 0 Å². The molecule has 2 heterocycles. The second-order valence-electron chi connectivity index (χ2n) is 6.11. The maximum absolute atomic E-state index is 12.5. The first kappa shape index (κ1) is 14.4. The molecule has 0 radical (unpaired) electrons. The molecule has 1 aliphatic heterocycles. The van der Waals surface area contributed by atoms with E-state index in [1.165, 1.54) is 11.3 Å². The molecule has 1 aromatic carbocycles. The molecule has 3 N–H and O–H groups in total. The highest BCUT2D eigenvalue weighted by Gasteiger charge is 2.30. The Hall–Kier alpha value is -1.59. The summed E-state index contributed by atoms with van der Waals surface area (Å²) < 4.78 is 6.73. The van der Waals surface area contributed by atoms with Gasteiger partial charge < -0.3 is 15.8 Å². The van der Waals surface area contributed by atoms with E-state index >= 15 is 0 Å². The van der Waals surface area contributed by atoms with Crippen LogP contribution >= 0.6 is 11.3 Å². The summed E-state index contributed by atoms with van der Waals surface area (Å²) in [5.74, 6) is -0.0728. The third-order valence-electron chi connectivity index (χ3n) is 3.87. The van der Waals surface area contributed by atoms with Gasteiger partial charge in [-0.15, -0.1) is 11.3 Å². The monoisotopic (exact) mass is 304 g/mol. The van der Waals surface area contributed by atoms with E-state index < -0.39 is 0 Å². The molecule has 4 nitrogen and oxygen atoms in total. The lowest BCUT2D eigenvalue weighted by Crippen LogP contribution is -2.45. The summed E-state index contributed by atoms with van der Waals surface area (Å²) in [5, 5.41) is 4.06. The highest BCUT2D eigenvalue weighted by atomic mass is 32.1. The Morgan fingerprint density at radius 3 is 2.90 bits per heavy atom. The number of nitrogens with two attached hydrogens (primary N) is 1. The zero-order valence-electron chi connectivity index (χ0n) is 12.3. The number of hydrogen-bond acceptors (Lipinski definition) is 4. The van der Waals surface area contributed by atoms with Crippen molar-refractivity contribution in [1.82, 2.24) is 5.32 Å². The van der Waals surface area contributed by atoms with Crippen molar-refractivity contribution in [2.75, 3.05) is 12.3 Å². The quantitative estimate of drug-likeness (QED) is 0.895. The molecule has 0 saturated carbocycles. The number of nitrogen functional groups attached to an aromatic ring is 1. The predicted octanol–water partition coefficient (Wildman–Crippen LogP) is 3.17. The molecule has 1 unspecified atom stereocenters. The molecule has 0 bridgehead atoms. The van der Waals surface area contributed by atoms with Crippen LogP contribution in [0.2, 0.25) is 0 Å². The smallest absolute Gasteiger partial charge is 0.263 e. The van der Waals surface area contributed by atoms with Crippen LogP contribution in [0, 0.1) is 0 Å². The number of amides is 1. The van der Waals surface area contributed by atoms with Gasteiger partial charge in [-0.05, 0) is 32.8 Å². The normalized spacial score (nSPS) is 21.3. The molecule has 1 atom stereocenters. The number of nitrogens with one attached hydrogen (secondary N) is 1. The first-order valence-corrected chi connectivity index (χ1v) is 8.00. The van der Waals surface area contributed by atoms with Crippen molar-refractivity contribution in [3.05, 3.63) is 29.1 Å². The van der Waals surface area contributed by atoms with E-state index in [1.807, 2.05) is 24.3 Å². The highest BCUT2D eigenvalue weighted by Crippen LogP contribution is 2.33. The number of hydrogen-bond donors (Lipinski definition) is 2. The minimum absolute atomic E-state index is 0.0728. The summed E-state index contributed by atoms with van der Waals surface area (Å²) in [4.78, 5) is 13.1. The largest absolute Gasteiger partial charge is 0.397 e. The predicted molar refractivity (Wildman–Crippen MR) is 86.8 cm³/mol. The van der Waals surface area contributed by atoms with Crippen LogP contribution in [0.15, 0.2) is 24.3 Å². The lowest BCUT2D eigenvalue weighted by Gasteiger charge is -2.35. The fraction of sp³-hybridized carbons (Fsp3) is 0.438. The van der Waals surface area contributed by atoms with E-state index in [4.69, 9.17) is 10.5 Å². The van der Waals surface area contributed by atoms with Crippen LogP contribution in [0.5, 0.6) is 0 Å². The summed E-state index contributed by atoms with van der Waals surface area (Å²) in [6, 6.07) is 7.99. The number of fused-ring (bicyclic) bond motifs is 1. The van der Waals surface area contributed by atoms with Gasteiger partial charge in [0.25, 0.3) is 5.91 Å². The molecule has 21 heavy (non-hydrogen) atoms. The maximum Gasteiger partial charge on any atom is 0.263 e. The second kappa shape index (κ2) is 5.31. The van der Waals surface area contributed by atoms with Gasteiger partial charge in [0, 0.05) is 22.7 Å². The SMILES string of the molecule is CC1(C)CC(NC(=O)c2sc3ccccc3c2N)CCO1. The molecule has 112 valence electrons. The summed E-state index contributed by atoms with van der Waals surface area (Å²) in [6.45, 7) is 4.79. The maximum atomic E-state index is 12.5. The van der Waals surface area contributed by atoms with E-state index in [-0.39, 0.29) is 17.6 Å². The average Bonchev–Trinajstić information content (AvgIpc) is 2.76. The molecule has 3 rings (SSSR count). The molecular weight excluding hydrogens is 284 g/mol. The minimum Gasteiger partial charge on any atom is -0.397 e. The molecule has 1 fully saturated rings. The van der Waals surface area contributed by atoms with Crippen LogP contribution in [0.1, 0.15) is 36.4 Å². The summed E-state index contributed by atoms with van der Waals surface area (Å²) in [5.41, 5.74) is 6.53. The molecule has 1 aliphatic rings. The fourth-order valence-electron chi connectivity index (χ4n) is 2.84. The molecule has 1 aromatic heterocycles. The molecule has 1 amide bonds. The summed E-state index contributed by atoms with van der Waals surface area (Å²) >= 11 is 1.45. The Morgan fingerprint density at radius 2 is 2.19 bits per heavy atom. The van der Waals surface area contributed by atoms with Crippen molar-refractivity contribution in [1.29, 1.82) is 0 Å². The van der Waals surface area contributed by atoms with E-state index in [1.54, 1.807) is 0 Å². The van der Waals surface area contributed by atoms with Crippen LogP contribution in [0.3, 0.4) is 0 Å². The molecule has 5 heteroatoms. The molecule has 2 aromatic rings. The Morgan fingerprint density at radius 1 is 1.43 bits per heavy atom. The van der Waals surface area contributed by atoms with Gasteiger partial charge in [-0.25, -0.2) is 0 Å². The van der Waals surface area contributed by atoms with Crippen LogP contribution in [-0.2, 0) is 4.74 Å². The fourth-order valence-corrected chi connectivity index (χ4v) is 3.87. The Kier molecular flexibility index (Phi) is 3.63. The van der Waals surface area contributed by atoms with Crippen molar-refractivity contribution < 1.29 is 9.53 Å². The number of carbonyl (C=O) groups is 1. The summed E-state index contributed by atoms with van der Waals surface area (Å²) in [7, 11) is 0. The van der Waals surface area contributed by atoms with Crippen LogP contribution in [0.4, 0.5) is 5.69 Å². The Balaban J connectivity index is 1.79. The topological polar surface area (TPSA) is 64.4 Å². The van der Waals surface area contributed by atoms with Crippen molar-refractivity contribution in [2.45, 2.75) is 38.3 Å². The lowest BCUT2D eigenvalue weighted by atomic mass is 9.94. The molecule has 0 spiro atoms.